The minimum Gasteiger partial charge on any atom is -0.469 e. The van der Waals surface area contributed by atoms with Crippen LogP contribution < -0.4 is 5.32 Å². The van der Waals surface area contributed by atoms with E-state index in [9.17, 15) is 9.18 Å². The number of hydrogen-bond acceptors (Lipinski definition) is 4. The van der Waals surface area contributed by atoms with E-state index in [1.165, 1.54) is 13.2 Å². The molecule has 1 N–H and O–H groups in total. The van der Waals surface area contributed by atoms with Crippen molar-refractivity contribution in [3.63, 3.8) is 0 Å². The zero-order valence-corrected chi connectivity index (χ0v) is 13.1. The van der Waals surface area contributed by atoms with E-state index >= 15 is 0 Å². The number of benzene rings is 1. The second-order valence-corrected chi connectivity index (χ2v) is 6.09. The Morgan fingerprint density at radius 1 is 1.45 bits per heavy atom. The minimum absolute atomic E-state index is 0.223. The molecule has 0 aliphatic carbocycles. The van der Waals surface area contributed by atoms with Crippen LogP contribution in [-0.2, 0) is 16.1 Å². The molecule has 0 radical (unpaired) electrons. The molecular formula is C15H22FNO2S. The molecule has 0 saturated carbocycles. The van der Waals surface area contributed by atoms with Crippen LogP contribution in [0.4, 0.5) is 4.39 Å². The van der Waals surface area contributed by atoms with Gasteiger partial charge in [-0.15, -0.1) is 11.8 Å². The molecule has 0 unspecified atom stereocenters. The Labute approximate surface area is 124 Å². The number of hydrogen-bond donors (Lipinski definition) is 1. The highest BCUT2D eigenvalue weighted by Gasteiger charge is 2.07. The number of esters is 1. The molecule has 0 aliphatic rings. The summed E-state index contributed by atoms with van der Waals surface area (Å²) in [5.74, 6) is 0.733. The number of halogens is 1. The highest BCUT2D eigenvalue weighted by atomic mass is 32.2. The molecule has 20 heavy (non-hydrogen) atoms. The van der Waals surface area contributed by atoms with Crippen LogP contribution in [0.15, 0.2) is 23.1 Å². The predicted octanol–water partition coefficient (Wildman–Crippen LogP) is 3.23. The van der Waals surface area contributed by atoms with Gasteiger partial charge in [-0.05, 0) is 36.2 Å². The molecule has 0 amide bonds. The van der Waals surface area contributed by atoms with Crippen LogP contribution in [-0.4, -0.2) is 25.4 Å². The van der Waals surface area contributed by atoms with Crippen molar-refractivity contribution in [2.24, 2.45) is 5.92 Å². The zero-order chi connectivity index (χ0) is 15.0. The Kier molecular flexibility index (Phi) is 7.62. The highest BCUT2D eigenvalue weighted by molar-refractivity contribution is 7.99. The third-order valence-electron chi connectivity index (χ3n) is 2.68. The van der Waals surface area contributed by atoms with Gasteiger partial charge in [0.1, 0.15) is 5.82 Å². The summed E-state index contributed by atoms with van der Waals surface area (Å²) in [6, 6.07) is 4.77. The summed E-state index contributed by atoms with van der Waals surface area (Å²) in [4.78, 5) is 12.1. The Bertz CT molecular complexity index is 438. The molecular weight excluding hydrogens is 277 g/mol. The predicted molar refractivity (Wildman–Crippen MR) is 80.3 cm³/mol. The van der Waals surface area contributed by atoms with E-state index in [0.29, 0.717) is 24.6 Å². The largest absolute Gasteiger partial charge is 0.469 e. The van der Waals surface area contributed by atoms with Gasteiger partial charge < -0.3 is 10.1 Å². The lowest BCUT2D eigenvalue weighted by Crippen LogP contribution is -2.19. The van der Waals surface area contributed by atoms with Crippen molar-refractivity contribution in [1.29, 1.82) is 0 Å². The summed E-state index contributed by atoms with van der Waals surface area (Å²) >= 11 is 1.55. The summed E-state index contributed by atoms with van der Waals surface area (Å²) in [6.07, 6.45) is 0.359. The third-order valence-corrected chi connectivity index (χ3v) is 3.80. The number of carbonyl (C=O) groups excluding carboxylic acids is 1. The molecule has 0 atom stereocenters. The fourth-order valence-electron chi connectivity index (χ4n) is 1.67. The number of carbonyl (C=O) groups is 1. The van der Waals surface area contributed by atoms with Crippen molar-refractivity contribution in [3.05, 3.63) is 29.6 Å². The second kappa shape index (κ2) is 8.97. The van der Waals surface area contributed by atoms with Gasteiger partial charge in [0.2, 0.25) is 0 Å². The van der Waals surface area contributed by atoms with Gasteiger partial charge in [0.05, 0.1) is 13.5 Å². The zero-order valence-electron chi connectivity index (χ0n) is 12.2. The first-order valence-corrected chi connectivity index (χ1v) is 7.70. The summed E-state index contributed by atoms with van der Waals surface area (Å²) in [5, 5.41) is 3.31. The Morgan fingerprint density at radius 2 is 2.20 bits per heavy atom. The molecule has 1 aromatic rings. The average Bonchev–Trinajstić information content (AvgIpc) is 2.40. The molecule has 0 heterocycles. The first-order valence-electron chi connectivity index (χ1n) is 6.71. The molecule has 1 aromatic carbocycles. The minimum atomic E-state index is -0.233. The normalized spacial score (nSPS) is 10.8. The molecule has 0 bridgehead atoms. The maximum Gasteiger partial charge on any atom is 0.306 e. The molecule has 0 fully saturated rings. The van der Waals surface area contributed by atoms with Gasteiger partial charge in [-0.25, -0.2) is 4.39 Å². The number of ether oxygens (including phenoxy) is 1. The van der Waals surface area contributed by atoms with Gasteiger partial charge in [0.25, 0.3) is 0 Å². The van der Waals surface area contributed by atoms with Crippen LogP contribution in [0.2, 0.25) is 0 Å². The summed E-state index contributed by atoms with van der Waals surface area (Å²) in [6.45, 7) is 5.79. The smallest absolute Gasteiger partial charge is 0.306 e. The van der Waals surface area contributed by atoms with Crippen molar-refractivity contribution >= 4 is 17.7 Å². The van der Waals surface area contributed by atoms with Crippen molar-refractivity contribution in [1.82, 2.24) is 5.32 Å². The van der Waals surface area contributed by atoms with Crippen molar-refractivity contribution in [2.75, 3.05) is 19.4 Å². The first-order chi connectivity index (χ1) is 9.52. The maximum absolute atomic E-state index is 13.3. The van der Waals surface area contributed by atoms with Gasteiger partial charge in [0, 0.05) is 17.2 Å². The van der Waals surface area contributed by atoms with E-state index in [-0.39, 0.29) is 11.8 Å². The summed E-state index contributed by atoms with van der Waals surface area (Å²) in [7, 11) is 1.38. The molecule has 3 nitrogen and oxygen atoms in total. The number of methoxy groups -OCH3 is 1. The van der Waals surface area contributed by atoms with Crippen LogP contribution in [0.5, 0.6) is 0 Å². The lowest BCUT2D eigenvalue weighted by atomic mass is 10.2. The third kappa shape index (κ3) is 6.39. The fraction of sp³-hybridized carbons (Fsp3) is 0.533. The van der Waals surface area contributed by atoms with Gasteiger partial charge >= 0.3 is 5.97 Å². The summed E-state index contributed by atoms with van der Waals surface area (Å²) < 4.78 is 17.9. The lowest BCUT2D eigenvalue weighted by Gasteiger charge is -2.12. The highest BCUT2D eigenvalue weighted by Crippen LogP contribution is 2.24. The molecule has 0 aromatic heterocycles. The summed E-state index contributed by atoms with van der Waals surface area (Å²) in [5.41, 5.74) is 0.931. The molecule has 112 valence electrons. The van der Waals surface area contributed by atoms with Crippen LogP contribution in [0.3, 0.4) is 0 Å². The maximum atomic E-state index is 13.3. The standard InChI is InChI=1S/C15H22FNO2S/c1-11(2)9-17-10-12-8-13(16)4-5-14(12)20-7-6-15(18)19-3/h4-5,8,11,17H,6-7,9-10H2,1-3H3. The molecule has 5 heteroatoms. The molecule has 0 saturated heterocycles. The van der Waals surface area contributed by atoms with E-state index in [1.807, 2.05) is 0 Å². The average molecular weight is 299 g/mol. The quantitative estimate of drug-likeness (QED) is 0.591. The molecule has 0 aliphatic heterocycles. The van der Waals surface area contributed by atoms with Crippen molar-refractivity contribution < 1.29 is 13.9 Å². The fourth-order valence-corrected chi connectivity index (χ4v) is 2.64. The molecule has 0 spiro atoms. The van der Waals surface area contributed by atoms with Crippen molar-refractivity contribution in [2.45, 2.75) is 31.7 Å². The van der Waals surface area contributed by atoms with E-state index in [4.69, 9.17) is 0 Å². The van der Waals surface area contributed by atoms with E-state index < -0.39 is 0 Å². The van der Waals surface area contributed by atoms with E-state index in [2.05, 4.69) is 23.9 Å². The Morgan fingerprint density at radius 3 is 2.85 bits per heavy atom. The van der Waals surface area contributed by atoms with Gasteiger partial charge in [-0.2, -0.15) is 0 Å². The number of nitrogens with one attached hydrogen (secondary N) is 1. The van der Waals surface area contributed by atoms with Crippen molar-refractivity contribution in [3.8, 4) is 0 Å². The van der Waals surface area contributed by atoms with Crippen LogP contribution in [0.1, 0.15) is 25.8 Å². The monoisotopic (exact) mass is 299 g/mol. The topological polar surface area (TPSA) is 38.3 Å². The second-order valence-electron chi connectivity index (χ2n) is 4.95. The van der Waals surface area contributed by atoms with Gasteiger partial charge in [-0.3, -0.25) is 4.79 Å². The van der Waals surface area contributed by atoms with Gasteiger partial charge in [-0.1, -0.05) is 13.8 Å². The number of rotatable bonds is 8. The first kappa shape index (κ1) is 17.0. The SMILES string of the molecule is COC(=O)CCSc1ccc(F)cc1CNCC(C)C. The van der Waals surface area contributed by atoms with Crippen LogP contribution >= 0.6 is 11.8 Å². The molecule has 1 rings (SSSR count). The van der Waals surface area contributed by atoms with Gasteiger partial charge in [0.15, 0.2) is 0 Å². The Balaban J connectivity index is 2.57. The van der Waals surface area contributed by atoms with E-state index in [1.54, 1.807) is 23.9 Å². The Hall–Kier alpha value is -1.07. The van der Waals surface area contributed by atoms with Crippen LogP contribution in [0.25, 0.3) is 0 Å². The lowest BCUT2D eigenvalue weighted by molar-refractivity contribution is -0.140. The number of thioether (sulfide) groups is 1. The van der Waals surface area contributed by atoms with E-state index in [0.717, 1.165) is 17.0 Å². The van der Waals surface area contributed by atoms with Crippen LogP contribution in [0, 0.1) is 11.7 Å².